The van der Waals surface area contributed by atoms with Gasteiger partial charge in [0.25, 0.3) is 5.89 Å². The number of aliphatic hydroxyl groups excluding tert-OH is 2. The van der Waals surface area contributed by atoms with Crippen molar-refractivity contribution in [2.75, 3.05) is 19.8 Å². The van der Waals surface area contributed by atoms with Gasteiger partial charge >= 0.3 is 0 Å². The van der Waals surface area contributed by atoms with E-state index >= 15 is 0 Å². The van der Waals surface area contributed by atoms with Crippen molar-refractivity contribution in [1.82, 2.24) is 20.4 Å². The van der Waals surface area contributed by atoms with Crippen LogP contribution in [0.1, 0.15) is 49.7 Å². The van der Waals surface area contributed by atoms with Gasteiger partial charge in [-0.3, -0.25) is 9.78 Å². The molecule has 3 rings (SSSR count). The zero-order chi connectivity index (χ0) is 26.2. The lowest BCUT2D eigenvalue weighted by atomic mass is 10.0. The molecule has 0 aliphatic heterocycles. The Morgan fingerprint density at radius 2 is 1.92 bits per heavy atom. The number of pyridine rings is 1. The van der Waals surface area contributed by atoms with E-state index in [0.29, 0.717) is 23.4 Å². The summed E-state index contributed by atoms with van der Waals surface area (Å²) in [6, 6.07) is 7.87. The molecule has 0 saturated carbocycles. The monoisotopic (exact) mass is 496 g/mol. The van der Waals surface area contributed by atoms with Crippen molar-refractivity contribution in [3.05, 3.63) is 46.8 Å². The van der Waals surface area contributed by atoms with Crippen LogP contribution in [0.3, 0.4) is 0 Å². The highest BCUT2D eigenvalue weighted by Gasteiger charge is 2.17. The predicted octanol–water partition coefficient (Wildman–Crippen LogP) is 3.41. The fraction of sp³-hybridized carbons (Fsp3) is 0.481. The molecule has 0 unspecified atom stereocenters. The minimum Gasteiger partial charge on any atom is -0.490 e. The summed E-state index contributed by atoms with van der Waals surface area (Å²) >= 11 is 0. The van der Waals surface area contributed by atoms with Crippen LogP contribution >= 0.6 is 0 Å². The van der Waals surface area contributed by atoms with Crippen LogP contribution in [-0.4, -0.2) is 57.1 Å². The van der Waals surface area contributed by atoms with Crippen LogP contribution in [0.15, 0.2) is 28.8 Å². The summed E-state index contributed by atoms with van der Waals surface area (Å²) in [6.45, 7) is 9.69. The average Bonchev–Trinajstić information content (AvgIpc) is 3.31. The normalized spacial score (nSPS) is 12.1. The molecular weight excluding hydrogens is 460 g/mol. The van der Waals surface area contributed by atoms with Gasteiger partial charge in [-0.25, -0.2) is 0 Å². The van der Waals surface area contributed by atoms with Crippen LogP contribution in [0.2, 0.25) is 0 Å². The quantitative estimate of drug-likeness (QED) is 0.348. The van der Waals surface area contributed by atoms with Crippen LogP contribution in [0.25, 0.3) is 22.8 Å². The van der Waals surface area contributed by atoms with Gasteiger partial charge in [0.15, 0.2) is 0 Å². The van der Waals surface area contributed by atoms with Crippen molar-refractivity contribution < 1.29 is 24.3 Å². The van der Waals surface area contributed by atoms with Crippen molar-refractivity contribution in [2.45, 2.75) is 60.0 Å². The Morgan fingerprint density at radius 1 is 1.14 bits per heavy atom. The molecule has 0 bridgehead atoms. The summed E-state index contributed by atoms with van der Waals surface area (Å²) in [4.78, 5) is 20.5. The fourth-order valence-corrected chi connectivity index (χ4v) is 4.01. The number of aryl methyl sites for hydroxylation is 3. The predicted molar refractivity (Wildman–Crippen MR) is 137 cm³/mol. The maximum absolute atomic E-state index is 11.2. The van der Waals surface area contributed by atoms with E-state index in [1.165, 1.54) is 0 Å². The van der Waals surface area contributed by atoms with Crippen LogP contribution in [0.5, 0.6) is 5.75 Å². The summed E-state index contributed by atoms with van der Waals surface area (Å²) < 4.78 is 11.6. The lowest BCUT2D eigenvalue weighted by molar-refractivity contribution is -0.124. The summed E-state index contributed by atoms with van der Waals surface area (Å²) in [5.74, 6) is 1.58. The SMILES string of the molecule is CCCc1cc(-c2noc(-c3cc(C)nc(CC(C)C)c3)n2)cc(C)c1OC[C@@H](O)CNC(=O)CO. The van der Waals surface area contributed by atoms with E-state index in [1.54, 1.807) is 0 Å². The molecule has 0 radical (unpaired) electrons. The lowest BCUT2D eigenvalue weighted by Crippen LogP contribution is -2.36. The highest BCUT2D eigenvalue weighted by atomic mass is 16.5. The number of carbonyl (C=O) groups excluding carboxylic acids is 1. The van der Waals surface area contributed by atoms with E-state index in [-0.39, 0.29) is 13.2 Å². The number of amides is 1. The summed E-state index contributed by atoms with van der Waals surface area (Å²) in [5, 5.41) is 25.6. The number of hydrogen-bond donors (Lipinski definition) is 3. The Bertz CT molecular complexity index is 1170. The molecule has 2 heterocycles. The maximum Gasteiger partial charge on any atom is 0.258 e. The smallest absolute Gasteiger partial charge is 0.258 e. The first-order valence-electron chi connectivity index (χ1n) is 12.3. The number of aromatic nitrogens is 3. The number of ether oxygens (including phenoxy) is 1. The Kier molecular flexibility index (Phi) is 9.55. The molecular formula is C27H36N4O5. The molecule has 0 aliphatic carbocycles. The molecule has 0 aliphatic rings. The van der Waals surface area contributed by atoms with Crippen LogP contribution in [0.4, 0.5) is 0 Å². The zero-order valence-electron chi connectivity index (χ0n) is 21.7. The first kappa shape index (κ1) is 27.3. The highest BCUT2D eigenvalue weighted by Crippen LogP contribution is 2.32. The van der Waals surface area contributed by atoms with Gasteiger partial charge in [0, 0.05) is 29.1 Å². The van der Waals surface area contributed by atoms with Gasteiger partial charge < -0.3 is 24.8 Å². The van der Waals surface area contributed by atoms with E-state index < -0.39 is 18.6 Å². The second-order valence-corrected chi connectivity index (χ2v) is 9.47. The number of benzene rings is 1. The Morgan fingerprint density at radius 3 is 2.61 bits per heavy atom. The first-order valence-corrected chi connectivity index (χ1v) is 12.3. The van der Waals surface area contributed by atoms with Gasteiger partial charge in [0.05, 0.1) is 0 Å². The third-order valence-corrected chi connectivity index (χ3v) is 5.52. The molecule has 1 atom stereocenters. The largest absolute Gasteiger partial charge is 0.490 e. The second-order valence-electron chi connectivity index (χ2n) is 9.47. The molecule has 0 fully saturated rings. The van der Waals surface area contributed by atoms with Crippen LogP contribution < -0.4 is 10.1 Å². The number of nitrogens with zero attached hydrogens (tertiary/aromatic N) is 3. The molecule has 9 heteroatoms. The highest BCUT2D eigenvalue weighted by molar-refractivity contribution is 5.76. The van der Waals surface area contributed by atoms with Crippen LogP contribution in [0, 0.1) is 19.8 Å². The average molecular weight is 497 g/mol. The molecule has 3 N–H and O–H groups in total. The standard InChI is InChI=1S/C27H36N4O5/c1-6-7-19-11-20(9-17(4)25(19)35-15-23(33)13-28-24(34)14-32)26-30-27(36-31-26)21-10-18(5)29-22(12-21)8-16(2)3/h9-12,16,23,32-33H,6-8,13-15H2,1-5H3,(H,28,34)/t23-/m0/s1. The van der Waals surface area contributed by atoms with E-state index in [9.17, 15) is 9.90 Å². The van der Waals surface area contributed by atoms with Gasteiger partial charge in [-0.05, 0) is 68.0 Å². The fourth-order valence-electron chi connectivity index (χ4n) is 4.01. The minimum absolute atomic E-state index is 0.00135. The summed E-state index contributed by atoms with van der Waals surface area (Å²) in [5.41, 5.74) is 5.44. The molecule has 36 heavy (non-hydrogen) atoms. The molecule has 0 spiro atoms. The molecule has 1 amide bonds. The minimum atomic E-state index is -0.904. The Balaban J connectivity index is 1.82. The van der Waals surface area contributed by atoms with Crippen molar-refractivity contribution >= 4 is 5.91 Å². The summed E-state index contributed by atoms with van der Waals surface area (Å²) in [6.07, 6.45) is 1.65. The molecule has 9 nitrogen and oxygen atoms in total. The Labute approximate surface area is 211 Å². The second kappa shape index (κ2) is 12.6. The van der Waals surface area contributed by atoms with Gasteiger partial charge in [-0.15, -0.1) is 0 Å². The van der Waals surface area contributed by atoms with E-state index in [1.807, 2.05) is 38.1 Å². The van der Waals surface area contributed by atoms with Crippen molar-refractivity contribution in [1.29, 1.82) is 0 Å². The van der Waals surface area contributed by atoms with Gasteiger partial charge in [-0.1, -0.05) is 32.3 Å². The number of hydrogen-bond acceptors (Lipinski definition) is 8. The molecule has 1 aromatic carbocycles. The molecule has 194 valence electrons. The lowest BCUT2D eigenvalue weighted by Gasteiger charge is -2.18. The first-order chi connectivity index (χ1) is 17.2. The zero-order valence-corrected chi connectivity index (χ0v) is 21.7. The number of aliphatic hydroxyl groups is 2. The van der Waals surface area contributed by atoms with E-state index in [0.717, 1.165) is 52.9 Å². The van der Waals surface area contributed by atoms with Gasteiger partial charge in [0.1, 0.15) is 25.1 Å². The van der Waals surface area contributed by atoms with E-state index in [2.05, 4.69) is 41.2 Å². The van der Waals surface area contributed by atoms with Gasteiger partial charge in [0.2, 0.25) is 11.7 Å². The number of carbonyl (C=O) groups is 1. The molecule has 3 aromatic rings. The Hall–Kier alpha value is -3.30. The molecule has 0 saturated heterocycles. The van der Waals surface area contributed by atoms with E-state index in [4.69, 9.17) is 14.4 Å². The summed E-state index contributed by atoms with van der Waals surface area (Å²) in [7, 11) is 0. The van der Waals surface area contributed by atoms with Crippen molar-refractivity contribution in [3.63, 3.8) is 0 Å². The third kappa shape index (κ3) is 7.35. The number of nitrogens with one attached hydrogen (secondary N) is 1. The third-order valence-electron chi connectivity index (χ3n) is 5.52. The number of rotatable bonds is 12. The van der Waals surface area contributed by atoms with Gasteiger partial charge in [-0.2, -0.15) is 4.98 Å². The molecule has 2 aromatic heterocycles. The van der Waals surface area contributed by atoms with Crippen molar-refractivity contribution in [2.24, 2.45) is 5.92 Å². The maximum atomic E-state index is 11.2. The topological polar surface area (TPSA) is 131 Å². The van der Waals surface area contributed by atoms with Crippen molar-refractivity contribution in [3.8, 4) is 28.6 Å². The van der Waals surface area contributed by atoms with Crippen LogP contribution in [-0.2, 0) is 17.6 Å².